The second kappa shape index (κ2) is 7.55. The maximum Gasteiger partial charge on any atom is 0.284 e. The van der Waals surface area contributed by atoms with Gasteiger partial charge in [-0.25, -0.2) is 4.68 Å². The molecule has 2 aromatic rings. The fourth-order valence-corrected chi connectivity index (χ4v) is 2.50. The molecule has 0 aliphatic carbocycles. The summed E-state index contributed by atoms with van der Waals surface area (Å²) < 4.78 is 12.3. The topological polar surface area (TPSA) is 71.8 Å². The molecule has 0 saturated carbocycles. The molecule has 1 saturated heterocycles. The van der Waals surface area contributed by atoms with Gasteiger partial charge in [-0.2, -0.15) is 5.10 Å². The van der Waals surface area contributed by atoms with Gasteiger partial charge in [0.25, 0.3) is 5.56 Å². The minimum absolute atomic E-state index is 0.224. The molecule has 0 radical (unpaired) electrons. The van der Waals surface area contributed by atoms with Crippen LogP contribution < -0.4 is 10.3 Å². The van der Waals surface area contributed by atoms with Crippen molar-refractivity contribution in [2.75, 3.05) is 32.9 Å². The molecule has 3 rings (SSSR count). The lowest BCUT2D eigenvalue weighted by atomic mass is 10.3. The van der Waals surface area contributed by atoms with E-state index in [4.69, 9.17) is 21.1 Å². The van der Waals surface area contributed by atoms with E-state index in [1.807, 2.05) is 11.9 Å². The lowest BCUT2D eigenvalue weighted by molar-refractivity contribution is 0.0397. The Labute approximate surface area is 144 Å². The third kappa shape index (κ3) is 3.63. The Morgan fingerprint density at radius 3 is 2.71 bits per heavy atom. The normalized spacial score (nSPS) is 15.2. The first-order valence-corrected chi connectivity index (χ1v) is 8.17. The standard InChI is InChI=1S/C16H19ClN4O3/c1-2-24-15-14(11-18-20-7-9-23-10-8-20)16(22)21(19-15)13-5-3-12(17)4-6-13/h3-6,11,19H,2,7-10H2,1H3/b18-11+. The number of hydrogen-bond donors (Lipinski definition) is 1. The average molecular weight is 351 g/mol. The monoisotopic (exact) mass is 350 g/mol. The highest BCUT2D eigenvalue weighted by atomic mass is 35.5. The highest BCUT2D eigenvalue weighted by Gasteiger charge is 2.16. The minimum atomic E-state index is -0.224. The van der Waals surface area contributed by atoms with Crippen molar-refractivity contribution < 1.29 is 9.47 Å². The third-order valence-corrected chi connectivity index (χ3v) is 3.85. The van der Waals surface area contributed by atoms with Crippen molar-refractivity contribution in [3.05, 3.63) is 45.2 Å². The average Bonchev–Trinajstić information content (AvgIpc) is 2.91. The van der Waals surface area contributed by atoms with Crippen molar-refractivity contribution in [1.82, 2.24) is 14.8 Å². The SMILES string of the molecule is CCOc1[nH]n(-c2ccc(Cl)cc2)c(=O)c1/C=N/N1CCOCC1. The van der Waals surface area contributed by atoms with Gasteiger partial charge in [-0.1, -0.05) is 11.6 Å². The van der Waals surface area contributed by atoms with E-state index in [2.05, 4.69) is 10.2 Å². The van der Waals surface area contributed by atoms with Crippen LogP contribution >= 0.6 is 11.6 Å². The number of rotatable bonds is 5. The minimum Gasteiger partial charge on any atom is -0.478 e. The number of nitrogens with one attached hydrogen (secondary N) is 1. The highest BCUT2D eigenvalue weighted by Crippen LogP contribution is 2.16. The number of aromatic nitrogens is 2. The summed E-state index contributed by atoms with van der Waals surface area (Å²) in [5, 5.41) is 9.83. The predicted octanol–water partition coefficient (Wildman–Crippen LogP) is 1.88. The number of hydrazone groups is 1. The molecule has 1 aromatic carbocycles. The summed E-state index contributed by atoms with van der Waals surface area (Å²) in [6, 6.07) is 6.98. The van der Waals surface area contributed by atoms with Crippen LogP contribution in [-0.2, 0) is 4.74 Å². The molecule has 128 valence electrons. The largest absolute Gasteiger partial charge is 0.478 e. The number of H-pyrrole nitrogens is 1. The van der Waals surface area contributed by atoms with Gasteiger partial charge in [-0.15, -0.1) is 0 Å². The van der Waals surface area contributed by atoms with Crippen molar-refractivity contribution >= 4 is 17.8 Å². The van der Waals surface area contributed by atoms with Gasteiger partial charge in [0.05, 0.1) is 44.8 Å². The van der Waals surface area contributed by atoms with Gasteiger partial charge < -0.3 is 9.47 Å². The maximum absolute atomic E-state index is 12.7. The zero-order valence-electron chi connectivity index (χ0n) is 13.4. The van der Waals surface area contributed by atoms with E-state index in [0.717, 1.165) is 0 Å². The zero-order chi connectivity index (χ0) is 16.9. The number of hydrogen-bond acceptors (Lipinski definition) is 5. The van der Waals surface area contributed by atoms with Crippen LogP contribution in [0.25, 0.3) is 5.69 Å². The first-order valence-electron chi connectivity index (χ1n) is 7.79. The van der Waals surface area contributed by atoms with Crippen LogP contribution in [-0.4, -0.2) is 53.9 Å². The molecule has 0 unspecified atom stereocenters. The van der Waals surface area contributed by atoms with Crippen LogP contribution in [0.4, 0.5) is 0 Å². The Bertz CT molecular complexity index is 761. The van der Waals surface area contributed by atoms with Crippen molar-refractivity contribution in [3.8, 4) is 11.6 Å². The number of ether oxygens (including phenoxy) is 2. The summed E-state index contributed by atoms with van der Waals surface area (Å²) >= 11 is 5.90. The Kier molecular flexibility index (Phi) is 5.22. The summed E-state index contributed by atoms with van der Waals surface area (Å²) in [4.78, 5) is 12.7. The number of benzene rings is 1. The van der Waals surface area contributed by atoms with Crippen LogP contribution in [0.5, 0.6) is 5.88 Å². The maximum atomic E-state index is 12.7. The molecular weight excluding hydrogens is 332 g/mol. The Morgan fingerprint density at radius 1 is 1.33 bits per heavy atom. The predicted molar refractivity (Wildman–Crippen MR) is 92.6 cm³/mol. The van der Waals surface area contributed by atoms with E-state index in [0.29, 0.717) is 55.1 Å². The summed E-state index contributed by atoms with van der Waals surface area (Å²) in [6.07, 6.45) is 1.54. The molecule has 1 aliphatic rings. The molecule has 0 amide bonds. The molecule has 24 heavy (non-hydrogen) atoms. The third-order valence-electron chi connectivity index (χ3n) is 3.60. The van der Waals surface area contributed by atoms with Crippen LogP contribution in [0.15, 0.2) is 34.2 Å². The first kappa shape index (κ1) is 16.6. The van der Waals surface area contributed by atoms with E-state index >= 15 is 0 Å². The first-order chi connectivity index (χ1) is 11.7. The van der Waals surface area contributed by atoms with Crippen LogP contribution in [0.2, 0.25) is 5.02 Å². The van der Waals surface area contributed by atoms with E-state index in [-0.39, 0.29) is 5.56 Å². The summed E-state index contributed by atoms with van der Waals surface area (Å²) in [5.74, 6) is 0.398. The fraction of sp³-hybridized carbons (Fsp3) is 0.375. The molecule has 1 aliphatic heterocycles. The van der Waals surface area contributed by atoms with Gasteiger partial charge in [0.1, 0.15) is 5.56 Å². The van der Waals surface area contributed by atoms with E-state index in [9.17, 15) is 4.79 Å². The fourth-order valence-electron chi connectivity index (χ4n) is 2.38. The van der Waals surface area contributed by atoms with Gasteiger partial charge in [-0.3, -0.25) is 14.9 Å². The van der Waals surface area contributed by atoms with Crippen molar-refractivity contribution in [2.45, 2.75) is 6.92 Å². The molecule has 1 aromatic heterocycles. The van der Waals surface area contributed by atoms with Crippen LogP contribution in [0.1, 0.15) is 12.5 Å². The molecule has 7 nitrogen and oxygen atoms in total. The number of aromatic amines is 1. The van der Waals surface area contributed by atoms with Crippen molar-refractivity contribution in [3.63, 3.8) is 0 Å². The number of nitrogens with zero attached hydrogens (tertiary/aromatic N) is 3. The molecule has 8 heteroatoms. The molecule has 0 bridgehead atoms. The van der Waals surface area contributed by atoms with Gasteiger partial charge in [0.15, 0.2) is 0 Å². The smallest absolute Gasteiger partial charge is 0.284 e. The quantitative estimate of drug-likeness (QED) is 0.836. The second-order valence-corrected chi connectivity index (χ2v) is 5.65. The van der Waals surface area contributed by atoms with Gasteiger partial charge in [-0.05, 0) is 31.2 Å². The Balaban J connectivity index is 1.93. The number of morpholine rings is 1. The molecular formula is C16H19ClN4O3. The molecule has 1 N–H and O–H groups in total. The summed E-state index contributed by atoms with van der Waals surface area (Å²) in [7, 11) is 0. The summed E-state index contributed by atoms with van der Waals surface area (Å²) in [6.45, 7) is 4.99. The lowest BCUT2D eigenvalue weighted by Crippen LogP contribution is -2.32. The van der Waals surface area contributed by atoms with Gasteiger partial charge in [0, 0.05) is 5.02 Å². The number of halogens is 1. The van der Waals surface area contributed by atoms with Crippen LogP contribution in [0, 0.1) is 0 Å². The van der Waals surface area contributed by atoms with Crippen molar-refractivity contribution in [1.29, 1.82) is 0 Å². The zero-order valence-corrected chi connectivity index (χ0v) is 14.1. The Hall–Kier alpha value is -2.25. The summed E-state index contributed by atoms with van der Waals surface area (Å²) in [5.41, 5.74) is 0.840. The molecule has 0 spiro atoms. The lowest BCUT2D eigenvalue weighted by Gasteiger charge is -2.23. The van der Waals surface area contributed by atoms with Crippen molar-refractivity contribution in [2.24, 2.45) is 5.10 Å². The molecule has 1 fully saturated rings. The van der Waals surface area contributed by atoms with E-state index in [1.165, 1.54) is 4.68 Å². The molecule has 0 atom stereocenters. The van der Waals surface area contributed by atoms with Gasteiger partial charge in [0.2, 0.25) is 5.88 Å². The van der Waals surface area contributed by atoms with Gasteiger partial charge >= 0.3 is 0 Å². The van der Waals surface area contributed by atoms with E-state index < -0.39 is 0 Å². The molecule has 2 heterocycles. The van der Waals surface area contributed by atoms with Crippen LogP contribution in [0.3, 0.4) is 0 Å². The Morgan fingerprint density at radius 2 is 2.04 bits per heavy atom. The van der Waals surface area contributed by atoms with E-state index in [1.54, 1.807) is 30.5 Å². The second-order valence-electron chi connectivity index (χ2n) is 5.22. The highest BCUT2D eigenvalue weighted by molar-refractivity contribution is 6.30.